The normalized spacial score (nSPS) is 19.7. The second-order valence-corrected chi connectivity index (χ2v) is 7.73. The number of fused-ring (bicyclic) bond motifs is 1. The summed E-state index contributed by atoms with van der Waals surface area (Å²) in [6, 6.07) is 3.33. The predicted molar refractivity (Wildman–Crippen MR) is 98.6 cm³/mol. The molecule has 0 aliphatic carbocycles. The van der Waals surface area contributed by atoms with Gasteiger partial charge in [-0.25, -0.2) is 4.98 Å². The van der Waals surface area contributed by atoms with Gasteiger partial charge < -0.3 is 14.2 Å². The minimum atomic E-state index is -0.254. The number of piperazine rings is 1. The third-order valence-corrected chi connectivity index (χ3v) is 6.11. The van der Waals surface area contributed by atoms with Crippen LogP contribution in [0.1, 0.15) is 16.1 Å². The maximum absolute atomic E-state index is 12.9. The van der Waals surface area contributed by atoms with Crippen molar-refractivity contribution >= 4 is 23.6 Å². The maximum atomic E-state index is 12.9. The van der Waals surface area contributed by atoms with E-state index in [2.05, 4.69) is 4.98 Å². The largest absolute Gasteiger partial charge is 0.459 e. The Morgan fingerprint density at radius 1 is 1.22 bits per heavy atom. The van der Waals surface area contributed by atoms with Gasteiger partial charge in [0.2, 0.25) is 5.91 Å². The van der Waals surface area contributed by atoms with Gasteiger partial charge in [0.1, 0.15) is 0 Å². The number of nitrogens with zero attached hydrogens (tertiary/aromatic N) is 4. The zero-order chi connectivity index (χ0) is 19.0. The molecule has 0 bridgehead atoms. The highest BCUT2D eigenvalue weighted by atomic mass is 32.2. The fourth-order valence-corrected chi connectivity index (χ4v) is 4.43. The van der Waals surface area contributed by atoms with Crippen molar-refractivity contribution in [3.8, 4) is 0 Å². The summed E-state index contributed by atoms with van der Waals surface area (Å²) in [6.45, 7) is 4.01. The number of amides is 2. The molecule has 27 heavy (non-hydrogen) atoms. The summed E-state index contributed by atoms with van der Waals surface area (Å²) >= 11 is 1.44. The Kier molecular flexibility index (Phi) is 4.77. The van der Waals surface area contributed by atoms with Crippen molar-refractivity contribution in [2.45, 2.75) is 18.6 Å². The van der Waals surface area contributed by atoms with Gasteiger partial charge in [0, 0.05) is 50.2 Å². The van der Waals surface area contributed by atoms with Crippen LogP contribution in [0.3, 0.4) is 0 Å². The number of aromatic nitrogens is 2. The molecular weight excluding hydrogens is 368 g/mol. The summed E-state index contributed by atoms with van der Waals surface area (Å²) in [5.41, 5.74) is 0.497. The number of carbonyl (C=O) groups is 2. The minimum absolute atomic E-state index is 0.0339. The Hall–Kier alpha value is -2.55. The summed E-state index contributed by atoms with van der Waals surface area (Å²) in [4.78, 5) is 45.3. The fraction of sp³-hybridized carbons (Fsp3) is 0.444. The van der Waals surface area contributed by atoms with Crippen LogP contribution < -0.4 is 5.56 Å². The Morgan fingerprint density at radius 2 is 1.96 bits per heavy atom. The lowest BCUT2D eigenvalue weighted by Gasteiger charge is -2.37. The first-order valence-electron chi connectivity index (χ1n) is 8.85. The minimum Gasteiger partial charge on any atom is -0.459 e. The molecule has 0 unspecified atom stereocenters. The van der Waals surface area contributed by atoms with Crippen LogP contribution in [0.2, 0.25) is 0 Å². The van der Waals surface area contributed by atoms with E-state index in [1.54, 1.807) is 39.6 Å². The lowest BCUT2D eigenvalue weighted by molar-refractivity contribution is -0.136. The van der Waals surface area contributed by atoms with Crippen LogP contribution in [0.25, 0.3) is 0 Å². The molecule has 0 spiro atoms. The number of hydrogen-bond acceptors (Lipinski definition) is 6. The molecule has 0 saturated carbocycles. The quantitative estimate of drug-likeness (QED) is 0.709. The van der Waals surface area contributed by atoms with E-state index in [0.29, 0.717) is 55.0 Å². The van der Waals surface area contributed by atoms with E-state index in [1.165, 1.54) is 18.0 Å². The van der Waals surface area contributed by atoms with E-state index in [0.717, 1.165) is 0 Å². The van der Waals surface area contributed by atoms with Crippen LogP contribution in [0.15, 0.2) is 39.0 Å². The number of aryl methyl sites for hydroxylation is 1. The van der Waals surface area contributed by atoms with E-state index in [-0.39, 0.29) is 23.3 Å². The van der Waals surface area contributed by atoms with Crippen molar-refractivity contribution in [1.82, 2.24) is 19.4 Å². The molecule has 2 aliphatic rings. The first kappa shape index (κ1) is 17.8. The number of thioether (sulfide) groups is 1. The highest BCUT2D eigenvalue weighted by Crippen LogP contribution is 2.26. The summed E-state index contributed by atoms with van der Waals surface area (Å²) in [7, 11) is 0. The lowest BCUT2D eigenvalue weighted by Crippen LogP contribution is -2.53. The Labute approximate surface area is 160 Å². The van der Waals surface area contributed by atoms with Gasteiger partial charge in [-0.15, -0.1) is 0 Å². The first-order valence-corrected chi connectivity index (χ1v) is 9.84. The molecule has 0 radical (unpaired) electrons. The molecule has 2 aromatic heterocycles. The molecule has 9 heteroatoms. The zero-order valence-corrected chi connectivity index (χ0v) is 15.8. The highest BCUT2D eigenvalue weighted by Gasteiger charge is 2.33. The smallest absolute Gasteiger partial charge is 0.289 e. The van der Waals surface area contributed by atoms with Crippen LogP contribution in [-0.2, 0) is 11.3 Å². The van der Waals surface area contributed by atoms with Crippen molar-refractivity contribution in [2.75, 3.05) is 31.9 Å². The number of furan rings is 1. The van der Waals surface area contributed by atoms with Crippen LogP contribution >= 0.6 is 11.8 Å². The second-order valence-electron chi connectivity index (χ2n) is 6.74. The van der Waals surface area contributed by atoms with Gasteiger partial charge in [-0.05, 0) is 19.1 Å². The fourth-order valence-electron chi connectivity index (χ4n) is 3.39. The van der Waals surface area contributed by atoms with E-state index >= 15 is 0 Å². The van der Waals surface area contributed by atoms with E-state index in [9.17, 15) is 14.4 Å². The van der Waals surface area contributed by atoms with Gasteiger partial charge in [0.15, 0.2) is 10.9 Å². The molecule has 4 heterocycles. The molecular formula is C18H20N4O4S. The molecule has 1 fully saturated rings. The van der Waals surface area contributed by atoms with Crippen molar-refractivity contribution in [2.24, 2.45) is 5.92 Å². The van der Waals surface area contributed by atoms with Crippen molar-refractivity contribution < 1.29 is 14.0 Å². The van der Waals surface area contributed by atoms with Gasteiger partial charge in [-0.1, -0.05) is 11.8 Å². The van der Waals surface area contributed by atoms with Gasteiger partial charge in [0.05, 0.1) is 12.2 Å². The van der Waals surface area contributed by atoms with E-state index in [1.807, 2.05) is 0 Å². The Morgan fingerprint density at radius 3 is 2.67 bits per heavy atom. The van der Waals surface area contributed by atoms with Crippen molar-refractivity contribution in [3.05, 3.63) is 46.3 Å². The molecule has 0 N–H and O–H groups in total. The lowest BCUT2D eigenvalue weighted by atomic mass is 10.1. The van der Waals surface area contributed by atoms with Crippen molar-refractivity contribution in [1.29, 1.82) is 0 Å². The number of rotatable bonds is 2. The van der Waals surface area contributed by atoms with E-state index in [4.69, 9.17) is 4.42 Å². The van der Waals surface area contributed by atoms with Gasteiger partial charge >= 0.3 is 0 Å². The van der Waals surface area contributed by atoms with Gasteiger partial charge in [0.25, 0.3) is 11.5 Å². The molecule has 1 saturated heterocycles. The van der Waals surface area contributed by atoms with Crippen LogP contribution in [0, 0.1) is 12.8 Å². The van der Waals surface area contributed by atoms with Crippen molar-refractivity contribution in [3.63, 3.8) is 0 Å². The van der Waals surface area contributed by atoms with Crippen LogP contribution in [0.4, 0.5) is 0 Å². The monoisotopic (exact) mass is 388 g/mol. The van der Waals surface area contributed by atoms with Gasteiger partial charge in [-0.2, -0.15) is 0 Å². The summed E-state index contributed by atoms with van der Waals surface area (Å²) in [6.07, 6.45) is 3.06. The standard InChI is InChI=1S/C18H20N4O4S/c1-12-9-19-18-22(15(12)23)10-13(11-27-18)16(24)20-4-6-21(7-5-20)17(25)14-3-2-8-26-14/h2-3,8-9,13H,4-7,10-11H2,1H3/t13-/m0/s1. The summed E-state index contributed by atoms with van der Waals surface area (Å²) in [5.74, 6) is 0.558. The third-order valence-electron chi connectivity index (χ3n) is 4.96. The number of hydrogen-bond donors (Lipinski definition) is 0. The summed E-state index contributed by atoms with van der Waals surface area (Å²) < 4.78 is 6.76. The van der Waals surface area contributed by atoms with Crippen LogP contribution in [0.5, 0.6) is 0 Å². The van der Waals surface area contributed by atoms with E-state index < -0.39 is 0 Å². The molecule has 2 aliphatic heterocycles. The molecule has 4 rings (SSSR count). The highest BCUT2D eigenvalue weighted by molar-refractivity contribution is 7.99. The Bertz CT molecular complexity index is 916. The first-order chi connectivity index (χ1) is 13.0. The zero-order valence-electron chi connectivity index (χ0n) is 15.0. The second kappa shape index (κ2) is 7.22. The molecule has 8 nitrogen and oxygen atoms in total. The average Bonchev–Trinajstić information content (AvgIpc) is 3.24. The number of carbonyl (C=O) groups excluding carboxylic acids is 2. The molecule has 1 atom stereocenters. The Balaban J connectivity index is 1.39. The topological polar surface area (TPSA) is 88.7 Å². The summed E-state index contributed by atoms with van der Waals surface area (Å²) in [5, 5.41) is 0.670. The van der Waals surface area contributed by atoms with Crippen LogP contribution in [-0.4, -0.2) is 63.1 Å². The maximum Gasteiger partial charge on any atom is 0.289 e. The SMILES string of the molecule is Cc1cnc2n(c1=O)C[C@H](C(=O)N1CCN(C(=O)c3ccco3)CC1)CS2. The molecule has 142 valence electrons. The molecule has 0 aromatic carbocycles. The average molecular weight is 388 g/mol. The van der Waals surface area contributed by atoms with Gasteiger partial charge in [-0.3, -0.25) is 19.0 Å². The predicted octanol–water partition coefficient (Wildman–Crippen LogP) is 0.851. The third kappa shape index (κ3) is 3.39. The molecule has 2 amide bonds. The molecule has 2 aromatic rings.